The summed E-state index contributed by atoms with van der Waals surface area (Å²) in [5.74, 6) is -0.991. The van der Waals surface area contributed by atoms with Crippen LogP contribution in [0.2, 0.25) is 0 Å². The number of carbonyl (C=O) groups is 1. The largest absolute Gasteiger partial charge is 0.478 e. The van der Waals surface area contributed by atoms with Crippen LogP contribution in [0.25, 0.3) is 16.7 Å². The summed E-state index contributed by atoms with van der Waals surface area (Å²) in [6, 6.07) is 17.2. The third-order valence-electron chi connectivity index (χ3n) is 2.58. The predicted octanol–water partition coefficient (Wildman–Crippen LogP) is 3.45. The van der Waals surface area contributed by atoms with Gasteiger partial charge in [-0.3, -0.25) is 0 Å². The average Bonchev–Trinajstić information content (AvgIpc) is 2.39. The Morgan fingerprint density at radius 3 is 2.24 bits per heavy atom. The molecule has 2 nitrogen and oxygen atoms in total. The summed E-state index contributed by atoms with van der Waals surface area (Å²) >= 11 is 0. The molecule has 0 saturated heterocycles. The van der Waals surface area contributed by atoms with Crippen molar-refractivity contribution in [2.24, 2.45) is 0 Å². The van der Waals surface area contributed by atoms with Crippen molar-refractivity contribution in [2.75, 3.05) is 0 Å². The molecule has 0 amide bonds. The van der Waals surface area contributed by atoms with Gasteiger partial charge in [-0.15, -0.1) is 0 Å². The highest BCUT2D eigenvalue weighted by Gasteiger charge is 2.07. The van der Waals surface area contributed by atoms with E-state index >= 15 is 0 Å². The minimum atomic E-state index is -0.991. The second-order valence-corrected chi connectivity index (χ2v) is 3.73. The van der Waals surface area contributed by atoms with Crippen molar-refractivity contribution in [1.29, 1.82) is 0 Å². The zero-order valence-electron chi connectivity index (χ0n) is 9.26. The second kappa shape index (κ2) is 4.66. The zero-order chi connectivity index (χ0) is 12.3. The van der Waals surface area contributed by atoms with Gasteiger partial charge in [-0.05, 0) is 22.8 Å². The number of benzene rings is 2. The number of carboxylic acid groups (broad SMARTS) is 1. The van der Waals surface area contributed by atoms with Gasteiger partial charge >= 0.3 is 5.97 Å². The monoisotopic (exact) mass is 224 g/mol. The van der Waals surface area contributed by atoms with Crippen molar-refractivity contribution in [3.8, 4) is 11.1 Å². The van der Waals surface area contributed by atoms with Gasteiger partial charge in [-0.25, -0.2) is 4.79 Å². The molecule has 0 unspecified atom stereocenters. The van der Waals surface area contributed by atoms with Crippen LogP contribution in [-0.2, 0) is 4.79 Å². The molecule has 0 radical (unpaired) electrons. The standard InChI is InChI=1S/C15H12O2/c1-11(15(16)17)13-8-5-9-14(10-13)12-6-3-2-4-7-12/h2-10H,1H2,(H,16,17). The molecule has 17 heavy (non-hydrogen) atoms. The summed E-state index contributed by atoms with van der Waals surface area (Å²) in [5, 5.41) is 8.90. The molecular weight excluding hydrogens is 212 g/mol. The van der Waals surface area contributed by atoms with Gasteiger partial charge in [-0.2, -0.15) is 0 Å². The molecule has 0 aromatic heterocycles. The summed E-state index contributed by atoms with van der Waals surface area (Å²) in [7, 11) is 0. The van der Waals surface area contributed by atoms with Gasteiger partial charge in [0.25, 0.3) is 0 Å². The topological polar surface area (TPSA) is 37.3 Å². The van der Waals surface area contributed by atoms with Crippen LogP contribution in [0.3, 0.4) is 0 Å². The van der Waals surface area contributed by atoms with Gasteiger partial charge in [0.15, 0.2) is 0 Å². The average molecular weight is 224 g/mol. The molecule has 2 heteroatoms. The molecule has 0 fully saturated rings. The lowest BCUT2D eigenvalue weighted by atomic mass is 10.00. The predicted molar refractivity (Wildman–Crippen MR) is 68.5 cm³/mol. The highest BCUT2D eigenvalue weighted by atomic mass is 16.4. The summed E-state index contributed by atoms with van der Waals surface area (Å²) < 4.78 is 0. The molecule has 0 heterocycles. The van der Waals surface area contributed by atoms with Crippen molar-refractivity contribution in [2.45, 2.75) is 0 Å². The van der Waals surface area contributed by atoms with Crippen LogP contribution < -0.4 is 0 Å². The molecular formula is C15H12O2. The first-order valence-electron chi connectivity index (χ1n) is 5.26. The lowest BCUT2D eigenvalue weighted by Gasteiger charge is -2.05. The van der Waals surface area contributed by atoms with E-state index in [0.717, 1.165) is 11.1 Å². The maximum Gasteiger partial charge on any atom is 0.335 e. The number of hydrogen-bond acceptors (Lipinski definition) is 1. The SMILES string of the molecule is C=C(C(=O)O)c1cccc(-c2ccccc2)c1. The van der Waals surface area contributed by atoms with E-state index < -0.39 is 5.97 Å². The molecule has 1 N–H and O–H groups in total. The minimum Gasteiger partial charge on any atom is -0.478 e. The van der Waals surface area contributed by atoms with E-state index in [1.165, 1.54) is 0 Å². The first-order valence-corrected chi connectivity index (χ1v) is 5.26. The van der Waals surface area contributed by atoms with Crippen LogP contribution in [0, 0.1) is 0 Å². The molecule has 0 spiro atoms. The van der Waals surface area contributed by atoms with E-state index in [-0.39, 0.29) is 5.57 Å². The van der Waals surface area contributed by atoms with Crippen LogP contribution in [0.4, 0.5) is 0 Å². The van der Waals surface area contributed by atoms with E-state index in [4.69, 9.17) is 5.11 Å². The van der Waals surface area contributed by atoms with Crippen molar-refractivity contribution in [3.63, 3.8) is 0 Å². The van der Waals surface area contributed by atoms with Crippen molar-refractivity contribution < 1.29 is 9.90 Å². The highest BCUT2D eigenvalue weighted by Crippen LogP contribution is 2.22. The number of aliphatic carboxylic acids is 1. The maximum absolute atomic E-state index is 10.8. The molecule has 84 valence electrons. The maximum atomic E-state index is 10.8. The molecule has 0 aliphatic rings. The van der Waals surface area contributed by atoms with Crippen LogP contribution in [0.5, 0.6) is 0 Å². The Balaban J connectivity index is 2.42. The lowest BCUT2D eigenvalue weighted by Crippen LogP contribution is -1.97. The van der Waals surface area contributed by atoms with Crippen LogP contribution in [0.1, 0.15) is 5.56 Å². The van der Waals surface area contributed by atoms with Gasteiger partial charge in [0.1, 0.15) is 0 Å². The van der Waals surface area contributed by atoms with Gasteiger partial charge in [0.05, 0.1) is 5.57 Å². The third kappa shape index (κ3) is 2.42. The van der Waals surface area contributed by atoms with E-state index in [2.05, 4.69) is 6.58 Å². The number of hydrogen-bond donors (Lipinski definition) is 1. The quantitative estimate of drug-likeness (QED) is 0.811. The Morgan fingerprint density at radius 2 is 1.59 bits per heavy atom. The molecule has 0 bridgehead atoms. The molecule has 0 atom stereocenters. The number of carboxylic acids is 1. The zero-order valence-corrected chi connectivity index (χ0v) is 9.26. The Labute approximate surface area is 99.8 Å². The Hall–Kier alpha value is -2.35. The van der Waals surface area contributed by atoms with Gasteiger partial charge in [-0.1, -0.05) is 55.1 Å². The Kier molecular flexibility index (Phi) is 3.06. The molecule has 2 aromatic rings. The fourth-order valence-electron chi connectivity index (χ4n) is 1.64. The summed E-state index contributed by atoms with van der Waals surface area (Å²) in [5.41, 5.74) is 2.81. The molecule has 0 aliphatic heterocycles. The molecule has 2 rings (SSSR count). The Morgan fingerprint density at radius 1 is 0.941 bits per heavy atom. The van der Waals surface area contributed by atoms with E-state index in [0.29, 0.717) is 5.56 Å². The Bertz CT molecular complexity index is 556. The minimum absolute atomic E-state index is 0.114. The molecule has 0 aliphatic carbocycles. The number of rotatable bonds is 3. The molecule has 0 saturated carbocycles. The first-order chi connectivity index (χ1) is 8.18. The third-order valence-corrected chi connectivity index (χ3v) is 2.58. The van der Waals surface area contributed by atoms with Crippen molar-refractivity contribution in [1.82, 2.24) is 0 Å². The second-order valence-electron chi connectivity index (χ2n) is 3.73. The highest BCUT2D eigenvalue weighted by molar-refractivity contribution is 6.14. The van der Waals surface area contributed by atoms with E-state index in [9.17, 15) is 4.79 Å². The van der Waals surface area contributed by atoms with Crippen molar-refractivity contribution >= 4 is 11.5 Å². The van der Waals surface area contributed by atoms with Crippen LogP contribution in [0.15, 0.2) is 61.2 Å². The first kappa shape index (κ1) is 11.1. The van der Waals surface area contributed by atoms with Crippen LogP contribution >= 0.6 is 0 Å². The lowest BCUT2D eigenvalue weighted by molar-refractivity contribution is -0.130. The molecule has 2 aromatic carbocycles. The fourth-order valence-corrected chi connectivity index (χ4v) is 1.64. The smallest absolute Gasteiger partial charge is 0.335 e. The summed E-state index contributed by atoms with van der Waals surface area (Å²) in [6.07, 6.45) is 0. The van der Waals surface area contributed by atoms with Crippen molar-refractivity contribution in [3.05, 3.63) is 66.7 Å². The fraction of sp³-hybridized carbons (Fsp3) is 0. The van der Waals surface area contributed by atoms with E-state index in [1.54, 1.807) is 6.07 Å². The van der Waals surface area contributed by atoms with Crippen LogP contribution in [-0.4, -0.2) is 11.1 Å². The van der Waals surface area contributed by atoms with Gasteiger partial charge in [0.2, 0.25) is 0 Å². The summed E-state index contributed by atoms with van der Waals surface area (Å²) in [6.45, 7) is 3.56. The van der Waals surface area contributed by atoms with Gasteiger partial charge < -0.3 is 5.11 Å². The summed E-state index contributed by atoms with van der Waals surface area (Å²) in [4.78, 5) is 10.8. The normalized spacial score (nSPS) is 9.88. The van der Waals surface area contributed by atoms with Gasteiger partial charge in [0, 0.05) is 0 Å². The van der Waals surface area contributed by atoms with E-state index in [1.807, 2.05) is 48.5 Å².